The van der Waals surface area contributed by atoms with Crippen molar-refractivity contribution in [2.75, 3.05) is 18.5 Å². The molecule has 3 N–H and O–H groups in total. The number of carbonyl (C=O) groups excluding carboxylic acids is 1. The number of thiocarbonyl (C=S) groups is 1. The molecule has 0 spiro atoms. The molecule has 3 rings (SSSR count). The van der Waals surface area contributed by atoms with Crippen LogP contribution >= 0.6 is 12.2 Å². The van der Waals surface area contributed by atoms with Crippen LogP contribution < -0.4 is 25.6 Å². The number of benzene rings is 2. The monoisotopic (exact) mass is 383 g/mol. The minimum Gasteiger partial charge on any atom is -0.490 e. The molecule has 140 valence electrons. The summed E-state index contributed by atoms with van der Waals surface area (Å²) in [4.78, 5) is 12.0. The molecule has 0 unspecified atom stereocenters. The summed E-state index contributed by atoms with van der Waals surface area (Å²) in [5.74, 6) is 1.09. The van der Waals surface area contributed by atoms with Gasteiger partial charge in [0.05, 0.1) is 13.2 Å². The van der Waals surface area contributed by atoms with Crippen molar-refractivity contribution in [3.8, 4) is 11.5 Å². The average molecular weight is 383 g/mol. The first-order chi connectivity index (χ1) is 13.1. The lowest BCUT2D eigenvalue weighted by Gasteiger charge is -2.10. The predicted molar refractivity (Wildman–Crippen MR) is 110 cm³/mol. The first kappa shape index (κ1) is 18.7. The van der Waals surface area contributed by atoms with E-state index in [2.05, 4.69) is 16.2 Å². The van der Waals surface area contributed by atoms with Crippen LogP contribution in [0.5, 0.6) is 11.5 Å². The molecule has 0 fully saturated rings. The Hall–Kier alpha value is -3.06. The molecule has 0 aliphatic carbocycles. The van der Waals surface area contributed by atoms with Gasteiger partial charge in [0.15, 0.2) is 16.6 Å². The van der Waals surface area contributed by atoms with Crippen molar-refractivity contribution in [1.82, 2.24) is 10.9 Å². The van der Waals surface area contributed by atoms with Crippen molar-refractivity contribution in [2.24, 2.45) is 0 Å². The Morgan fingerprint density at radius 3 is 2.56 bits per heavy atom. The van der Waals surface area contributed by atoms with Crippen LogP contribution in [0.1, 0.15) is 17.5 Å². The van der Waals surface area contributed by atoms with Gasteiger partial charge < -0.3 is 14.8 Å². The molecule has 0 aromatic heterocycles. The van der Waals surface area contributed by atoms with Crippen molar-refractivity contribution < 1.29 is 14.3 Å². The number of hydrazine groups is 1. The second kappa shape index (κ2) is 9.05. The topological polar surface area (TPSA) is 71.6 Å². The molecule has 2 aromatic carbocycles. The zero-order valence-electron chi connectivity index (χ0n) is 15.0. The van der Waals surface area contributed by atoms with E-state index in [1.54, 1.807) is 6.08 Å². The minimum absolute atomic E-state index is 0.302. The van der Waals surface area contributed by atoms with Gasteiger partial charge in [-0.3, -0.25) is 15.6 Å². The molecule has 1 heterocycles. The number of anilines is 1. The first-order valence-electron chi connectivity index (χ1n) is 8.61. The Balaban J connectivity index is 1.49. The lowest BCUT2D eigenvalue weighted by molar-refractivity contribution is -0.116. The number of carbonyl (C=O) groups is 1. The van der Waals surface area contributed by atoms with Crippen LogP contribution in [0.15, 0.2) is 48.5 Å². The maximum absolute atomic E-state index is 12.0. The standard InChI is InChI=1S/C20H21N3O3S/c1-14-3-7-16(8-4-14)21-20(27)23-22-19(24)10-6-15-5-9-17-18(13-15)26-12-2-11-25-17/h3-10,13H,2,11-12H2,1H3,(H,22,24)(H2,21,23,27)/b10-6+. The number of aryl methyl sites for hydroxylation is 1. The Labute approximate surface area is 163 Å². The first-order valence-corrected chi connectivity index (χ1v) is 9.02. The smallest absolute Gasteiger partial charge is 0.262 e. The molecule has 2 aromatic rings. The maximum atomic E-state index is 12.0. The largest absolute Gasteiger partial charge is 0.490 e. The fourth-order valence-corrected chi connectivity index (χ4v) is 2.58. The third-order valence-corrected chi connectivity index (χ3v) is 4.01. The lowest BCUT2D eigenvalue weighted by Crippen LogP contribution is -2.43. The van der Waals surface area contributed by atoms with Crippen molar-refractivity contribution in [2.45, 2.75) is 13.3 Å². The third-order valence-electron chi connectivity index (χ3n) is 3.81. The molecule has 0 saturated carbocycles. The van der Waals surface area contributed by atoms with Gasteiger partial charge in [0.2, 0.25) is 0 Å². The van der Waals surface area contributed by atoms with Gasteiger partial charge >= 0.3 is 0 Å². The SMILES string of the molecule is Cc1ccc(NC(=S)NNC(=O)/C=C/c2ccc3c(c2)OCCCO3)cc1. The quantitative estimate of drug-likeness (QED) is 0.430. The highest BCUT2D eigenvalue weighted by Crippen LogP contribution is 2.30. The summed E-state index contributed by atoms with van der Waals surface area (Å²) >= 11 is 5.15. The summed E-state index contributed by atoms with van der Waals surface area (Å²) < 4.78 is 11.2. The number of ether oxygens (including phenoxy) is 2. The van der Waals surface area contributed by atoms with Crippen LogP contribution in [0.25, 0.3) is 6.08 Å². The van der Waals surface area contributed by atoms with Gasteiger partial charge in [0.1, 0.15) is 0 Å². The molecule has 1 aliphatic heterocycles. The Kier molecular flexibility index (Phi) is 6.27. The summed E-state index contributed by atoms with van der Waals surface area (Å²) in [7, 11) is 0. The number of nitrogens with one attached hydrogen (secondary N) is 3. The summed E-state index contributed by atoms with van der Waals surface area (Å²) in [6, 6.07) is 13.3. The summed E-state index contributed by atoms with van der Waals surface area (Å²) in [6.45, 7) is 3.28. The van der Waals surface area contributed by atoms with Gasteiger partial charge in [-0.05, 0) is 55.0 Å². The van der Waals surface area contributed by atoms with E-state index in [1.165, 1.54) is 6.08 Å². The maximum Gasteiger partial charge on any atom is 0.262 e. The van der Waals surface area contributed by atoms with E-state index in [-0.39, 0.29) is 5.91 Å². The molecule has 0 bridgehead atoms. The van der Waals surface area contributed by atoms with Gasteiger partial charge in [-0.25, -0.2) is 0 Å². The van der Waals surface area contributed by atoms with E-state index >= 15 is 0 Å². The minimum atomic E-state index is -0.324. The zero-order chi connectivity index (χ0) is 19.1. The molecule has 0 saturated heterocycles. The second-order valence-corrected chi connectivity index (χ2v) is 6.43. The molecule has 6 nitrogen and oxygen atoms in total. The molecular weight excluding hydrogens is 362 g/mol. The van der Waals surface area contributed by atoms with Gasteiger partial charge in [-0.2, -0.15) is 0 Å². The van der Waals surface area contributed by atoms with E-state index in [1.807, 2.05) is 49.4 Å². The fourth-order valence-electron chi connectivity index (χ4n) is 2.41. The van der Waals surface area contributed by atoms with Gasteiger partial charge in [0, 0.05) is 18.2 Å². The summed E-state index contributed by atoms with van der Waals surface area (Å²) in [6.07, 6.45) is 3.97. The van der Waals surface area contributed by atoms with Crippen molar-refractivity contribution >= 4 is 35.0 Å². The van der Waals surface area contributed by atoms with Crippen molar-refractivity contribution in [3.05, 3.63) is 59.7 Å². The summed E-state index contributed by atoms with van der Waals surface area (Å²) in [5.41, 5.74) is 8.03. The number of hydrogen-bond donors (Lipinski definition) is 3. The van der Waals surface area contributed by atoms with Gasteiger partial charge in [-0.15, -0.1) is 0 Å². The van der Waals surface area contributed by atoms with Crippen molar-refractivity contribution in [1.29, 1.82) is 0 Å². The second-order valence-electron chi connectivity index (χ2n) is 6.02. The lowest BCUT2D eigenvalue weighted by atomic mass is 10.2. The molecule has 27 heavy (non-hydrogen) atoms. The van der Waals surface area contributed by atoms with E-state index in [9.17, 15) is 4.79 Å². The number of hydrogen-bond acceptors (Lipinski definition) is 4. The van der Waals surface area contributed by atoms with E-state index in [4.69, 9.17) is 21.7 Å². The number of fused-ring (bicyclic) bond motifs is 1. The van der Waals surface area contributed by atoms with E-state index in [0.717, 1.165) is 29.0 Å². The Morgan fingerprint density at radius 2 is 1.78 bits per heavy atom. The fraction of sp³-hybridized carbons (Fsp3) is 0.200. The normalized spacial score (nSPS) is 12.9. The van der Waals surface area contributed by atoms with Crippen LogP contribution in [0, 0.1) is 6.92 Å². The highest BCUT2D eigenvalue weighted by atomic mass is 32.1. The Bertz CT molecular complexity index is 850. The molecule has 0 radical (unpaired) electrons. The molecule has 0 atom stereocenters. The molecule has 1 amide bonds. The van der Waals surface area contributed by atoms with E-state index in [0.29, 0.717) is 24.1 Å². The Morgan fingerprint density at radius 1 is 1.04 bits per heavy atom. The molecular formula is C20H21N3O3S. The van der Waals surface area contributed by atoms with Crippen LogP contribution in [-0.2, 0) is 4.79 Å². The zero-order valence-corrected chi connectivity index (χ0v) is 15.8. The van der Waals surface area contributed by atoms with Crippen LogP contribution in [0.2, 0.25) is 0 Å². The number of rotatable bonds is 3. The molecule has 7 heteroatoms. The average Bonchev–Trinajstić information content (AvgIpc) is 2.91. The van der Waals surface area contributed by atoms with Gasteiger partial charge in [0.25, 0.3) is 5.91 Å². The molecule has 1 aliphatic rings. The highest BCUT2D eigenvalue weighted by Gasteiger charge is 2.09. The highest BCUT2D eigenvalue weighted by molar-refractivity contribution is 7.80. The van der Waals surface area contributed by atoms with Crippen LogP contribution in [0.3, 0.4) is 0 Å². The van der Waals surface area contributed by atoms with Gasteiger partial charge in [-0.1, -0.05) is 23.8 Å². The predicted octanol–water partition coefficient (Wildman–Crippen LogP) is 3.19. The van der Waals surface area contributed by atoms with Crippen LogP contribution in [-0.4, -0.2) is 24.2 Å². The third kappa shape index (κ3) is 5.72. The number of amides is 1. The van der Waals surface area contributed by atoms with Crippen molar-refractivity contribution in [3.63, 3.8) is 0 Å². The van der Waals surface area contributed by atoms with Crippen LogP contribution in [0.4, 0.5) is 5.69 Å². The van der Waals surface area contributed by atoms with E-state index < -0.39 is 0 Å². The summed E-state index contributed by atoms with van der Waals surface area (Å²) in [5, 5.41) is 3.29.